The largest absolute Gasteiger partial charge is 0.311 e. The van der Waals surface area contributed by atoms with E-state index in [2.05, 4.69) is 199 Å². The van der Waals surface area contributed by atoms with Crippen molar-refractivity contribution in [1.29, 1.82) is 0 Å². The summed E-state index contributed by atoms with van der Waals surface area (Å²) >= 11 is 0. The standard InChI is InChI=1S/C48H32BN/c1-4-13-33(14-5-1)36-23-26-41(27-24-36)50-46-28-25-39(35-17-8-3-9-18-35)31-45(46)49-44-22-11-10-21-42(44)43-30-40(32-47(50)48(43)49)38-20-12-19-37(29-38)34-15-6-2-7-16-34/h1-32H. The quantitative estimate of drug-likeness (QED) is 0.171. The van der Waals surface area contributed by atoms with E-state index in [9.17, 15) is 0 Å². The first kappa shape index (κ1) is 28.6. The summed E-state index contributed by atoms with van der Waals surface area (Å²) in [7, 11) is 0. The second kappa shape index (κ2) is 11.6. The summed E-state index contributed by atoms with van der Waals surface area (Å²) in [5, 5.41) is 0. The minimum atomic E-state index is 0.152. The first-order chi connectivity index (χ1) is 24.8. The first-order valence-corrected chi connectivity index (χ1v) is 17.4. The Bertz CT molecular complexity index is 2520. The van der Waals surface area contributed by atoms with Crippen LogP contribution in [-0.4, -0.2) is 6.71 Å². The van der Waals surface area contributed by atoms with Gasteiger partial charge >= 0.3 is 0 Å². The Hall–Kier alpha value is -6.38. The van der Waals surface area contributed by atoms with Gasteiger partial charge in [-0.05, 0) is 103 Å². The molecule has 8 aromatic carbocycles. The monoisotopic (exact) mass is 633 g/mol. The minimum Gasteiger partial charge on any atom is -0.311 e. The number of hydrogen-bond donors (Lipinski definition) is 0. The van der Waals surface area contributed by atoms with Gasteiger partial charge in [-0.2, -0.15) is 0 Å². The van der Waals surface area contributed by atoms with Gasteiger partial charge in [-0.25, -0.2) is 0 Å². The van der Waals surface area contributed by atoms with Crippen molar-refractivity contribution in [2.24, 2.45) is 0 Å². The molecule has 0 amide bonds. The Kier molecular flexibility index (Phi) is 6.67. The Morgan fingerprint density at radius 3 is 1.50 bits per heavy atom. The molecule has 0 atom stereocenters. The van der Waals surface area contributed by atoms with Crippen LogP contribution in [0, 0.1) is 0 Å². The van der Waals surface area contributed by atoms with Gasteiger partial charge in [0, 0.05) is 17.1 Å². The highest BCUT2D eigenvalue weighted by atomic mass is 15.2. The van der Waals surface area contributed by atoms with Gasteiger partial charge < -0.3 is 4.90 Å². The average Bonchev–Trinajstić information content (AvgIpc) is 3.54. The fraction of sp³-hybridized carbons (Fsp3) is 0. The van der Waals surface area contributed by atoms with E-state index < -0.39 is 0 Å². The number of benzene rings is 8. The van der Waals surface area contributed by atoms with Gasteiger partial charge in [0.2, 0.25) is 6.71 Å². The topological polar surface area (TPSA) is 3.24 Å². The molecule has 8 aromatic rings. The molecular weight excluding hydrogens is 601 g/mol. The second-order valence-electron chi connectivity index (χ2n) is 13.3. The van der Waals surface area contributed by atoms with Crippen molar-refractivity contribution in [2.75, 3.05) is 4.90 Å². The molecule has 0 saturated carbocycles. The van der Waals surface area contributed by atoms with Crippen LogP contribution < -0.4 is 21.3 Å². The molecule has 0 saturated heterocycles. The summed E-state index contributed by atoms with van der Waals surface area (Å²) < 4.78 is 0. The van der Waals surface area contributed by atoms with Gasteiger partial charge in [-0.1, -0.05) is 163 Å². The molecule has 0 radical (unpaired) electrons. The van der Waals surface area contributed by atoms with Crippen LogP contribution in [0.15, 0.2) is 194 Å². The molecule has 0 fully saturated rings. The van der Waals surface area contributed by atoms with Crippen molar-refractivity contribution in [2.45, 2.75) is 0 Å². The molecule has 50 heavy (non-hydrogen) atoms. The first-order valence-electron chi connectivity index (χ1n) is 17.4. The Morgan fingerprint density at radius 2 is 0.820 bits per heavy atom. The molecular formula is C48H32BN. The molecule has 0 aliphatic carbocycles. The third-order valence-electron chi connectivity index (χ3n) is 10.5. The summed E-state index contributed by atoms with van der Waals surface area (Å²) in [6, 6.07) is 71.1. The predicted molar refractivity (Wildman–Crippen MR) is 213 cm³/mol. The molecule has 0 N–H and O–H groups in total. The van der Waals surface area contributed by atoms with E-state index in [1.807, 2.05) is 0 Å². The van der Waals surface area contributed by atoms with Crippen LogP contribution in [0.3, 0.4) is 0 Å². The number of nitrogens with zero attached hydrogens (tertiary/aromatic N) is 1. The predicted octanol–water partition coefficient (Wildman–Crippen LogP) is 10.6. The lowest BCUT2D eigenvalue weighted by molar-refractivity contribution is 1.30. The van der Waals surface area contributed by atoms with Gasteiger partial charge in [0.25, 0.3) is 0 Å². The van der Waals surface area contributed by atoms with E-state index in [1.54, 1.807) is 0 Å². The number of anilines is 3. The van der Waals surface area contributed by atoms with Crippen LogP contribution in [0.2, 0.25) is 0 Å². The highest BCUT2D eigenvalue weighted by molar-refractivity contribution is 7.01. The van der Waals surface area contributed by atoms with E-state index in [1.165, 1.54) is 83.4 Å². The third-order valence-corrected chi connectivity index (χ3v) is 10.5. The van der Waals surface area contributed by atoms with Crippen LogP contribution in [0.25, 0.3) is 55.6 Å². The molecule has 232 valence electrons. The van der Waals surface area contributed by atoms with E-state index >= 15 is 0 Å². The Morgan fingerprint density at radius 1 is 0.300 bits per heavy atom. The van der Waals surface area contributed by atoms with Gasteiger partial charge in [-0.3, -0.25) is 0 Å². The number of fused-ring (bicyclic) bond motifs is 5. The fourth-order valence-corrected chi connectivity index (χ4v) is 8.14. The Labute approximate surface area is 293 Å². The van der Waals surface area contributed by atoms with Crippen LogP contribution in [-0.2, 0) is 0 Å². The van der Waals surface area contributed by atoms with Crippen LogP contribution in [0.5, 0.6) is 0 Å². The zero-order valence-electron chi connectivity index (χ0n) is 27.5. The van der Waals surface area contributed by atoms with Crippen molar-refractivity contribution < 1.29 is 0 Å². The maximum atomic E-state index is 2.50. The average molecular weight is 634 g/mol. The van der Waals surface area contributed by atoms with Gasteiger partial charge in [-0.15, -0.1) is 0 Å². The molecule has 2 heteroatoms. The molecule has 2 aliphatic heterocycles. The van der Waals surface area contributed by atoms with E-state index in [0.717, 1.165) is 5.69 Å². The molecule has 10 rings (SSSR count). The Balaban J connectivity index is 1.21. The number of hydrogen-bond acceptors (Lipinski definition) is 1. The molecule has 2 aliphatic rings. The summed E-state index contributed by atoms with van der Waals surface area (Å²) in [6.07, 6.45) is 0. The van der Waals surface area contributed by atoms with E-state index in [4.69, 9.17) is 0 Å². The normalized spacial score (nSPS) is 12.3. The molecule has 0 spiro atoms. The van der Waals surface area contributed by atoms with Crippen LogP contribution in [0.1, 0.15) is 0 Å². The van der Waals surface area contributed by atoms with Crippen LogP contribution in [0.4, 0.5) is 17.1 Å². The van der Waals surface area contributed by atoms with Crippen LogP contribution >= 0.6 is 0 Å². The van der Waals surface area contributed by atoms with Crippen molar-refractivity contribution >= 4 is 40.2 Å². The van der Waals surface area contributed by atoms with Gasteiger partial charge in [0.15, 0.2) is 0 Å². The lowest BCUT2D eigenvalue weighted by Gasteiger charge is -2.36. The third kappa shape index (κ3) is 4.64. The lowest BCUT2D eigenvalue weighted by Crippen LogP contribution is -2.54. The van der Waals surface area contributed by atoms with Gasteiger partial charge in [0.05, 0.1) is 0 Å². The fourth-order valence-electron chi connectivity index (χ4n) is 8.14. The zero-order valence-corrected chi connectivity index (χ0v) is 27.5. The molecule has 2 heterocycles. The molecule has 0 unspecified atom stereocenters. The molecule has 0 bridgehead atoms. The lowest BCUT2D eigenvalue weighted by atomic mass is 9.37. The maximum Gasteiger partial charge on any atom is 0.248 e. The van der Waals surface area contributed by atoms with Crippen molar-refractivity contribution in [3.63, 3.8) is 0 Å². The second-order valence-corrected chi connectivity index (χ2v) is 13.3. The molecule has 0 aromatic heterocycles. The summed E-state index contributed by atoms with van der Waals surface area (Å²) in [6.45, 7) is 0.152. The van der Waals surface area contributed by atoms with Crippen molar-refractivity contribution in [3.05, 3.63) is 194 Å². The molecule has 1 nitrogen and oxygen atoms in total. The van der Waals surface area contributed by atoms with Crippen molar-refractivity contribution in [1.82, 2.24) is 0 Å². The van der Waals surface area contributed by atoms with Crippen molar-refractivity contribution in [3.8, 4) is 55.6 Å². The minimum absolute atomic E-state index is 0.152. The summed E-state index contributed by atoms with van der Waals surface area (Å²) in [5.74, 6) is 0. The van der Waals surface area contributed by atoms with E-state index in [0.29, 0.717) is 0 Å². The highest BCUT2D eigenvalue weighted by Gasteiger charge is 2.42. The summed E-state index contributed by atoms with van der Waals surface area (Å²) in [5.41, 5.74) is 20.2. The summed E-state index contributed by atoms with van der Waals surface area (Å²) in [4.78, 5) is 2.50. The number of rotatable bonds is 5. The van der Waals surface area contributed by atoms with Gasteiger partial charge in [0.1, 0.15) is 0 Å². The highest BCUT2D eigenvalue weighted by Crippen LogP contribution is 2.44. The van der Waals surface area contributed by atoms with E-state index in [-0.39, 0.29) is 6.71 Å². The smallest absolute Gasteiger partial charge is 0.248 e. The SMILES string of the molecule is c1ccc(-c2ccc(N3c4ccc(-c5ccccc5)cc4B4c5ccccc5-c5cc(-c6cccc(-c7ccccc7)c6)cc3c54)cc2)cc1. The zero-order chi connectivity index (χ0) is 33.0. The maximum absolute atomic E-state index is 2.50.